The van der Waals surface area contributed by atoms with Crippen molar-refractivity contribution in [1.82, 2.24) is 0 Å². The molecule has 0 aliphatic heterocycles. The monoisotopic (exact) mass is 410 g/mol. The van der Waals surface area contributed by atoms with Gasteiger partial charge in [-0.25, -0.2) is 0 Å². The van der Waals surface area contributed by atoms with E-state index in [4.69, 9.17) is 0 Å². The summed E-state index contributed by atoms with van der Waals surface area (Å²) in [5.74, 6) is 0. The van der Waals surface area contributed by atoms with Gasteiger partial charge in [0.15, 0.2) is 0 Å². The highest BCUT2D eigenvalue weighted by Crippen LogP contribution is 2.44. The van der Waals surface area contributed by atoms with Crippen LogP contribution < -0.4 is 0 Å². The molecule has 0 nitrogen and oxygen atoms in total. The molecule has 0 spiro atoms. The molecule has 1 aromatic heterocycles. The maximum absolute atomic E-state index is 2.30. The summed E-state index contributed by atoms with van der Waals surface area (Å²) in [5.41, 5.74) is 2.63. The van der Waals surface area contributed by atoms with Crippen LogP contribution in [-0.4, -0.2) is 0 Å². The Hall–Kier alpha value is -3.68. The van der Waals surface area contributed by atoms with Crippen molar-refractivity contribution >= 4 is 63.8 Å². The molecule has 0 saturated carbocycles. The van der Waals surface area contributed by atoms with Crippen LogP contribution in [0.5, 0.6) is 0 Å². The van der Waals surface area contributed by atoms with Gasteiger partial charge in [0.2, 0.25) is 0 Å². The SMILES string of the molecule is c1ccc2c(c1)sc1cccc(-c3cccc4c5ccccc5c5ccccc5c34)c12. The molecule has 0 radical (unpaired) electrons. The zero-order valence-electron chi connectivity index (χ0n) is 16.8. The van der Waals surface area contributed by atoms with Crippen molar-refractivity contribution in [3.05, 3.63) is 109 Å². The van der Waals surface area contributed by atoms with Crippen LogP contribution in [0, 0.1) is 0 Å². The first-order valence-electron chi connectivity index (χ1n) is 10.6. The van der Waals surface area contributed by atoms with E-state index in [1.165, 1.54) is 63.6 Å². The Kier molecular flexibility index (Phi) is 3.52. The van der Waals surface area contributed by atoms with Gasteiger partial charge in [0, 0.05) is 20.2 Å². The van der Waals surface area contributed by atoms with Crippen LogP contribution in [0.3, 0.4) is 0 Å². The van der Waals surface area contributed by atoms with Crippen molar-refractivity contribution in [1.29, 1.82) is 0 Å². The number of hydrogen-bond donors (Lipinski definition) is 0. The number of hydrogen-bond acceptors (Lipinski definition) is 1. The Labute approximate surface area is 184 Å². The van der Waals surface area contributed by atoms with Crippen molar-refractivity contribution in [2.75, 3.05) is 0 Å². The molecule has 0 atom stereocenters. The molecule has 1 heterocycles. The Balaban J connectivity index is 1.74. The maximum atomic E-state index is 2.30. The van der Waals surface area contributed by atoms with Crippen LogP contribution in [0.25, 0.3) is 63.6 Å². The first-order valence-corrected chi connectivity index (χ1v) is 11.4. The van der Waals surface area contributed by atoms with Crippen LogP contribution >= 0.6 is 11.3 Å². The summed E-state index contributed by atoms with van der Waals surface area (Å²) in [6.45, 7) is 0. The van der Waals surface area contributed by atoms with E-state index >= 15 is 0 Å². The molecule has 7 aromatic rings. The third-order valence-electron chi connectivity index (χ3n) is 6.46. The number of rotatable bonds is 1. The predicted octanol–water partition coefficient (Wildman–Crippen LogP) is 9.18. The van der Waals surface area contributed by atoms with Crippen molar-refractivity contribution in [2.24, 2.45) is 0 Å². The lowest BCUT2D eigenvalue weighted by atomic mass is 9.88. The summed E-state index contributed by atoms with van der Waals surface area (Å²) in [4.78, 5) is 0. The van der Waals surface area contributed by atoms with E-state index in [-0.39, 0.29) is 0 Å². The van der Waals surface area contributed by atoms with E-state index in [0.29, 0.717) is 0 Å². The fourth-order valence-electron chi connectivity index (χ4n) is 5.18. The average molecular weight is 411 g/mol. The van der Waals surface area contributed by atoms with E-state index in [9.17, 15) is 0 Å². The van der Waals surface area contributed by atoms with Crippen molar-refractivity contribution in [3.63, 3.8) is 0 Å². The first-order chi connectivity index (χ1) is 15.4. The van der Waals surface area contributed by atoms with Crippen molar-refractivity contribution in [2.45, 2.75) is 0 Å². The van der Waals surface area contributed by atoms with Gasteiger partial charge in [0.05, 0.1) is 0 Å². The fraction of sp³-hybridized carbons (Fsp3) is 0. The van der Waals surface area contributed by atoms with Crippen LogP contribution in [-0.2, 0) is 0 Å². The molecule has 6 aromatic carbocycles. The molecule has 0 amide bonds. The standard InChI is InChI=1S/C30H18S/c1-2-10-21-19(9-1)20-11-3-4-12-22(20)29-23(21)14-7-15-24(29)25-16-8-18-28-30(25)26-13-5-6-17-27(26)31-28/h1-18H. The lowest BCUT2D eigenvalue weighted by Gasteiger charge is -2.15. The van der Waals surface area contributed by atoms with E-state index in [2.05, 4.69) is 109 Å². The molecule has 0 aliphatic rings. The molecule has 0 unspecified atom stereocenters. The molecule has 1 heteroatoms. The summed E-state index contributed by atoms with van der Waals surface area (Å²) >= 11 is 1.88. The van der Waals surface area contributed by atoms with Gasteiger partial charge in [-0.2, -0.15) is 0 Å². The summed E-state index contributed by atoms with van der Waals surface area (Å²) in [6, 6.07) is 40.0. The van der Waals surface area contributed by atoms with Gasteiger partial charge in [0.25, 0.3) is 0 Å². The van der Waals surface area contributed by atoms with Gasteiger partial charge in [-0.3, -0.25) is 0 Å². The summed E-state index contributed by atoms with van der Waals surface area (Å²) in [5, 5.41) is 10.7. The molecule has 0 fully saturated rings. The van der Waals surface area contributed by atoms with Crippen LogP contribution in [0.1, 0.15) is 0 Å². The van der Waals surface area contributed by atoms with Crippen LogP contribution in [0.15, 0.2) is 109 Å². The molecule has 7 rings (SSSR count). The summed E-state index contributed by atoms with van der Waals surface area (Å²) in [7, 11) is 0. The molecular weight excluding hydrogens is 392 g/mol. The zero-order chi connectivity index (χ0) is 20.4. The Morgan fingerprint density at radius 2 is 0.774 bits per heavy atom. The largest absolute Gasteiger partial charge is 0.135 e. The smallest absolute Gasteiger partial charge is 0.0361 e. The molecule has 0 aliphatic carbocycles. The summed E-state index contributed by atoms with van der Waals surface area (Å²) < 4.78 is 2.70. The Morgan fingerprint density at radius 3 is 1.48 bits per heavy atom. The molecule has 31 heavy (non-hydrogen) atoms. The second-order valence-electron chi connectivity index (χ2n) is 8.10. The molecule has 0 saturated heterocycles. The second-order valence-corrected chi connectivity index (χ2v) is 9.18. The fourth-order valence-corrected chi connectivity index (χ4v) is 6.31. The quantitative estimate of drug-likeness (QED) is 0.237. The Bertz CT molecular complexity index is 1740. The highest BCUT2D eigenvalue weighted by Gasteiger charge is 2.16. The van der Waals surface area contributed by atoms with Gasteiger partial charge in [-0.05, 0) is 55.6 Å². The predicted molar refractivity (Wildman–Crippen MR) is 137 cm³/mol. The molecule has 0 N–H and O–H groups in total. The minimum absolute atomic E-state index is 1.31. The van der Waals surface area contributed by atoms with Gasteiger partial charge < -0.3 is 0 Å². The Morgan fingerprint density at radius 1 is 0.323 bits per heavy atom. The van der Waals surface area contributed by atoms with E-state index in [1.54, 1.807) is 0 Å². The third kappa shape index (κ3) is 2.35. The van der Waals surface area contributed by atoms with Gasteiger partial charge in [0.1, 0.15) is 0 Å². The third-order valence-corrected chi connectivity index (χ3v) is 7.60. The number of benzene rings is 6. The normalized spacial score (nSPS) is 11.9. The maximum Gasteiger partial charge on any atom is 0.0361 e. The van der Waals surface area contributed by atoms with Crippen LogP contribution in [0.4, 0.5) is 0 Å². The molecule has 144 valence electrons. The van der Waals surface area contributed by atoms with Crippen molar-refractivity contribution in [3.8, 4) is 11.1 Å². The van der Waals surface area contributed by atoms with Crippen molar-refractivity contribution < 1.29 is 0 Å². The van der Waals surface area contributed by atoms with Gasteiger partial charge in [-0.1, -0.05) is 97.1 Å². The lowest BCUT2D eigenvalue weighted by molar-refractivity contribution is 1.73. The highest BCUT2D eigenvalue weighted by molar-refractivity contribution is 7.25. The van der Waals surface area contributed by atoms with Gasteiger partial charge in [-0.15, -0.1) is 11.3 Å². The molecule has 0 bridgehead atoms. The lowest BCUT2D eigenvalue weighted by Crippen LogP contribution is -1.87. The first kappa shape index (κ1) is 17.0. The van der Waals surface area contributed by atoms with E-state index < -0.39 is 0 Å². The second kappa shape index (κ2) is 6.41. The minimum Gasteiger partial charge on any atom is -0.135 e. The summed E-state index contributed by atoms with van der Waals surface area (Å²) in [6.07, 6.45) is 0. The number of fused-ring (bicyclic) bond motifs is 9. The minimum atomic E-state index is 1.31. The van der Waals surface area contributed by atoms with E-state index in [0.717, 1.165) is 0 Å². The zero-order valence-corrected chi connectivity index (χ0v) is 17.6. The topological polar surface area (TPSA) is 0 Å². The molecular formula is C30H18S. The average Bonchev–Trinajstić information content (AvgIpc) is 3.23. The van der Waals surface area contributed by atoms with Gasteiger partial charge >= 0.3 is 0 Å². The van der Waals surface area contributed by atoms with Crippen LogP contribution in [0.2, 0.25) is 0 Å². The van der Waals surface area contributed by atoms with E-state index in [1.807, 2.05) is 11.3 Å². The number of thiophene rings is 1. The highest BCUT2D eigenvalue weighted by atomic mass is 32.1.